The van der Waals surface area contributed by atoms with Crippen molar-refractivity contribution < 1.29 is 28.5 Å². The maximum atomic E-state index is 13.3. The van der Waals surface area contributed by atoms with Gasteiger partial charge < -0.3 is 29.2 Å². The van der Waals surface area contributed by atoms with Crippen molar-refractivity contribution in [2.45, 2.75) is 54.3 Å². The summed E-state index contributed by atoms with van der Waals surface area (Å²) in [5, 5.41) is 13.3. The molecule has 2 N–H and O–H groups in total. The van der Waals surface area contributed by atoms with E-state index >= 15 is 0 Å². The summed E-state index contributed by atoms with van der Waals surface area (Å²) in [6.45, 7) is 12.2. The lowest BCUT2D eigenvalue weighted by Crippen LogP contribution is -2.16. The molecule has 0 aliphatic heterocycles. The molecular weight excluding hydrogens is 463 g/mol. The van der Waals surface area contributed by atoms with Crippen LogP contribution in [0.4, 0.5) is 4.39 Å². The van der Waals surface area contributed by atoms with Crippen molar-refractivity contribution in [2.24, 2.45) is 0 Å². The lowest BCUT2D eigenvalue weighted by atomic mass is 10.1. The quantitative estimate of drug-likeness (QED) is 0.325. The standard InChI is InChI=1S/C28H35FN2O5/c1-6-34-24-13-21(14-25(35-7-2)27(24)36-8-3)15-30-16-23-18(4)31(19(5)26(23)28(32)33)17-20-9-11-22(29)12-10-20/h9-14,30H,6-8,15-17H2,1-5H3,(H,32,33). The van der Waals surface area contributed by atoms with Gasteiger partial charge in [-0.3, -0.25) is 0 Å². The highest BCUT2D eigenvalue weighted by Crippen LogP contribution is 2.39. The summed E-state index contributed by atoms with van der Waals surface area (Å²) in [4.78, 5) is 12.1. The fourth-order valence-corrected chi connectivity index (χ4v) is 4.34. The highest BCUT2D eigenvalue weighted by molar-refractivity contribution is 5.91. The van der Waals surface area contributed by atoms with Crippen LogP contribution in [0.1, 0.15) is 59.2 Å². The maximum Gasteiger partial charge on any atom is 0.337 e. The van der Waals surface area contributed by atoms with E-state index < -0.39 is 5.97 Å². The SMILES string of the molecule is CCOc1cc(CNCc2c(C(=O)O)c(C)n(Cc3ccc(F)cc3)c2C)cc(OCC)c1OCC. The van der Waals surface area contributed by atoms with E-state index in [2.05, 4.69) is 5.32 Å². The molecule has 3 aromatic rings. The van der Waals surface area contributed by atoms with Crippen LogP contribution in [0.15, 0.2) is 36.4 Å². The predicted octanol–water partition coefficient (Wildman–Crippen LogP) is 5.48. The van der Waals surface area contributed by atoms with Gasteiger partial charge in [-0.1, -0.05) is 12.1 Å². The molecule has 3 rings (SSSR count). The van der Waals surface area contributed by atoms with Crippen LogP contribution in [0.5, 0.6) is 17.2 Å². The molecular formula is C28H35FN2O5. The molecule has 0 radical (unpaired) electrons. The number of nitrogens with one attached hydrogen (secondary N) is 1. The summed E-state index contributed by atoms with van der Waals surface area (Å²) in [5.74, 6) is 0.549. The second-order valence-corrected chi connectivity index (χ2v) is 8.37. The predicted molar refractivity (Wildman–Crippen MR) is 137 cm³/mol. The number of ether oxygens (including phenoxy) is 3. The third-order valence-electron chi connectivity index (χ3n) is 5.98. The average Bonchev–Trinajstić information content (AvgIpc) is 3.07. The van der Waals surface area contributed by atoms with Gasteiger partial charge in [-0.05, 0) is 70.0 Å². The van der Waals surface area contributed by atoms with E-state index in [1.54, 1.807) is 19.1 Å². The van der Waals surface area contributed by atoms with Crippen molar-refractivity contribution in [1.82, 2.24) is 9.88 Å². The third-order valence-corrected chi connectivity index (χ3v) is 5.98. The second-order valence-electron chi connectivity index (χ2n) is 8.37. The van der Waals surface area contributed by atoms with Crippen LogP contribution in [0.3, 0.4) is 0 Å². The zero-order valence-corrected chi connectivity index (χ0v) is 21.6. The van der Waals surface area contributed by atoms with Crippen LogP contribution in [-0.4, -0.2) is 35.5 Å². The van der Waals surface area contributed by atoms with Crippen LogP contribution >= 0.6 is 0 Å². The average molecular weight is 499 g/mol. The maximum absolute atomic E-state index is 13.3. The highest BCUT2D eigenvalue weighted by atomic mass is 19.1. The number of hydrogen-bond acceptors (Lipinski definition) is 5. The number of carboxylic acid groups (broad SMARTS) is 1. The Morgan fingerprint density at radius 1 is 0.889 bits per heavy atom. The Morgan fingerprint density at radius 3 is 2.00 bits per heavy atom. The fourth-order valence-electron chi connectivity index (χ4n) is 4.34. The minimum atomic E-state index is -0.969. The number of benzene rings is 2. The zero-order valence-electron chi connectivity index (χ0n) is 21.6. The number of carboxylic acids is 1. The smallest absolute Gasteiger partial charge is 0.337 e. The van der Waals surface area contributed by atoms with Crippen LogP contribution < -0.4 is 19.5 Å². The van der Waals surface area contributed by atoms with E-state index in [0.29, 0.717) is 68.0 Å². The second kappa shape index (κ2) is 12.4. The number of rotatable bonds is 13. The molecule has 194 valence electrons. The van der Waals surface area contributed by atoms with E-state index in [1.807, 2.05) is 44.4 Å². The molecule has 7 nitrogen and oxygen atoms in total. The summed E-state index contributed by atoms with van der Waals surface area (Å²) in [7, 11) is 0. The number of hydrogen-bond donors (Lipinski definition) is 2. The topological polar surface area (TPSA) is 82.0 Å². The fraction of sp³-hybridized carbons (Fsp3) is 0.393. The monoisotopic (exact) mass is 498 g/mol. The largest absolute Gasteiger partial charge is 0.490 e. The number of carbonyl (C=O) groups is 1. The molecule has 2 aromatic carbocycles. The molecule has 1 aromatic heterocycles. The molecule has 0 unspecified atom stereocenters. The molecule has 1 heterocycles. The summed E-state index contributed by atoms with van der Waals surface area (Å²) < 4.78 is 32.6. The van der Waals surface area contributed by atoms with Crippen LogP contribution in [0.25, 0.3) is 0 Å². The molecule has 36 heavy (non-hydrogen) atoms. The lowest BCUT2D eigenvalue weighted by molar-refractivity contribution is 0.0694. The van der Waals surface area contributed by atoms with Crippen molar-refractivity contribution >= 4 is 5.97 Å². The van der Waals surface area contributed by atoms with Crippen molar-refractivity contribution in [2.75, 3.05) is 19.8 Å². The van der Waals surface area contributed by atoms with Crippen molar-refractivity contribution in [3.05, 3.63) is 75.9 Å². The number of halogens is 1. The molecule has 0 spiro atoms. The van der Waals surface area contributed by atoms with Gasteiger partial charge in [-0.2, -0.15) is 0 Å². The normalized spacial score (nSPS) is 10.9. The first-order chi connectivity index (χ1) is 17.3. The summed E-state index contributed by atoms with van der Waals surface area (Å²) in [6.07, 6.45) is 0. The van der Waals surface area contributed by atoms with Crippen LogP contribution in [-0.2, 0) is 19.6 Å². The van der Waals surface area contributed by atoms with Gasteiger partial charge in [0.05, 0.1) is 25.4 Å². The van der Waals surface area contributed by atoms with Crippen LogP contribution in [0, 0.1) is 19.7 Å². The first kappa shape index (κ1) is 27.1. The number of nitrogens with zero attached hydrogens (tertiary/aromatic N) is 1. The molecule has 0 atom stereocenters. The van der Waals surface area contributed by atoms with Gasteiger partial charge in [0.2, 0.25) is 5.75 Å². The molecule has 0 bridgehead atoms. The summed E-state index contributed by atoms with van der Waals surface area (Å²) in [5.41, 5.74) is 4.37. The molecule has 0 aliphatic rings. The molecule has 0 aliphatic carbocycles. The van der Waals surface area contributed by atoms with Gasteiger partial charge in [0.15, 0.2) is 11.5 Å². The Kier molecular flexibility index (Phi) is 9.36. The summed E-state index contributed by atoms with van der Waals surface area (Å²) in [6, 6.07) is 10.1. The van der Waals surface area contributed by atoms with Crippen molar-refractivity contribution in [3.8, 4) is 17.2 Å². The highest BCUT2D eigenvalue weighted by Gasteiger charge is 2.23. The molecule has 0 fully saturated rings. The zero-order chi connectivity index (χ0) is 26.2. The molecule has 8 heteroatoms. The van der Waals surface area contributed by atoms with E-state index in [-0.39, 0.29) is 5.82 Å². The van der Waals surface area contributed by atoms with Crippen molar-refractivity contribution in [1.29, 1.82) is 0 Å². The Labute approximate surface area is 211 Å². The third kappa shape index (κ3) is 6.18. The Morgan fingerprint density at radius 2 is 1.47 bits per heavy atom. The van der Waals surface area contributed by atoms with E-state index in [0.717, 1.165) is 22.4 Å². The molecule has 0 amide bonds. The van der Waals surface area contributed by atoms with E-state index in [4.69, 9.17) is 14.2 Å². The Bertz CT molecular complexity index is 1160. The minimum absolute atomic E-state index is 0.291. The summed E-state index contributed by atoms with van der Waals surface area (Å²) >= 11 is 0. The van der Waals surface area contributed by atoms with E-state index in [9.17, 15) is 14.3 Å². The van der Waals surface area contributed by atoms with Crippen LogP contribution in [0.2, 0.25) is 0 Å². The molecule has 0 saturated carbocycles. The Hall–Kier alpha value is -3.52. The van der Waals surface area contributed by atoms with Gasteiger partial charge in [-0.25, -0.2) is 9.18 Å². The number of aromatic carboxylic acids is 1. The van der Waals surface area contributed by atoms with Gasteiger partial charge in [0.25, 0.3) is 0 Å². The van der Waals surface area contributed by atoms with Gasteiger partial charge in [0, 0.05) is 36.6 Å². The van der Waals surface area contributed by atoms with E-state index in [1.165, 1.54) is 12.1 Å². The number of aromatic nitrogens is 1. The first-order valence-electron chi connectivity index (χ1n) is 12.2. The van der Waals surface area contributed by atoms with Crippen molar-refractivity contribution in [3.63, 3.8) is 0 Å². The van der Waals surface area contributed by atoms with Gasteiger partial charge in [-0.15, -0.1) is 0 Å². The lowest BCUT2D eigenvalue weighted by Gasteiger charge is -2.17. The van der Waals surface area contributed by atoms with Gasteiger partial charge >= 0.3 is 5.97 Å². The molecule has 0 saturated heterocycles. The van der Waals surface area contributed by atoms with Gasteiger partial charge in [0.1, 0.15) is 5.82 Å². The first-order valence-corrected chi connectivity index (χ1v) is 12.2. The minimum Gasteiger partial charge on any atom is -0.490 e. The Balaban J connectivity index is 1.84.